The van der Waals surface area contributed by atoms with Crippen molar-refractivity contribution in [3.05, 3.63) is 6.20 Å². The topological polar surface area (TPSA) is 232 Å². The molecule has 0 aromatic carbocycles. The number of carbonyl (C=O) groups is 4. The molecule has 2 heterocycles. The molecule has 1 aromatic heterocycles. The standard InChI is InChI=1S/C65H121N5O11S/c1-4-7-10-13-16-19-22-25-28-31-34-37-40-43-46-58(72)66-55(64(78)67-57-49-70(69-68-57)65-63(77)62(76)61(75)56(50-71)81-65)53-82-52-54(80-60(74)48-45-42-39-36-33-30-27-24-21-18-15-12-9-6-3)51-79-59(73)47-44-41-38-35-32-29-26-23-20-17-14-11-8-5-2/h49,54-56,61-63,65,71,75-77H,4-48,50-53H2,1-3H3,(H,66,72)(H,67,78)/t54-,55-,56?,61?,62?,63?,65-/m1/s1. The summed E-state index contributed by atoms with van der Waals surface area (Å²) >= 11 is 1.30. The molecule has 1 saturated heterocycles. The summed E-state index contributed by atoms with van der Waals surface area (Å²) in [5.74, 6) is -1.28. The molecule has 0 radical (unpaired) electrons. The van der Waals surface area contributed by atoms with Crippen LogP contribution in [0.4, 0.5) is 5.82 Å². The zero-order valence-corrected chi connectivity index (χ0v) is 53.0. The second kappa shape index (κ2) is 52.5. The minimum absolute atomic E-state index is 0.0285. The van der Waals surface area contributed by atoms with Gasteiger partial charge in [-0.3, -0.25) is 19.2 Å². The summed E-state index contributed by atoms with van der Waals surface area (Å²) < 4.78 is 18.4. The zero-order valence-electron chi connectivity index (χ0n) is 52.2. The number of aliphatic hydroxyl groups is 4. The van der Waals surface area contributed by atoms with E-state index in [-0.39, 0.29) is 54.6 Å². The SMILES string of the molecule is CCCCCCCCCCCCCCCCC(=O)N[C@H](CSC[C@@H](COC(=O)CCCCCCCCCCCCCCCC)OC(=O)CCCCCCCCCCCCCCCC)C(=O)Nc1cn([C@@H]2OC(CO)C(O)C(O)C2O)nn1. The van der Waals surface area contributed by atoms with E-state index in [9.17, 15) is 39.6 Å². The fraction of sp³-hybridized carbons (Fsp3) is 0.908. The molecular weight excluding hydrogens is 1060 g/mol. The Morgan fingerprint density at radius 3 is 1.34 bits per heavy atom. The third-order valence-corrected chi connectivity index (χ3v) is 17.3. The molecule has 1 aliphatic heterocycles. The van der Waals surface area contributed by atoms with E-state index < -0.39 is 55.3 Å². The van der Waals surface area contributed by atoms with Crippen LogP contribution in [-0.4, -0.2) is 120 Å². The smallest absolute Gasteiger partial charge is 0.306 e. The summed E-state index contributed by atoms with van der Waals surface area (Å²) in [6.45, 7) is 6.02. The number of esters is 2. The van der Waals surface area contributed by atoms with Crippen molar-refractivity contribution in [3.8, 4) is 0 Å². The van der Waals surface area contributed by atoms with Gasteiger partial charge in [-0.2, -0.15) is 11.8 Å². The number of amides is 2. The number of carbonyl (C=O) groups excluding carboxylic acids is 4. The summed E-state index contributed by atoms with van der Waals surface area (Å²) in [5, 5.41) is 54.6. The summed E-state index contributed by atoms with van der Waals surface area (Å²) in [6, 6.07) is -1.05. The van der Waals surface area contributed by atoms with Crippen molar-refractivity contribution in [1.82, 2.24) is 20.3 Å². The number of hydrogen-bond donors (Lipinski definition) is 6. The summed E-state index contributed by atoms with van der Waals surface area (Å²) in [6.07, 6.45) is 44.8. The van der Waals surface area contributed by atoms with Gasteiger partial charge in [0, 0.05) is 30.8 Å². The van der Waals surface area contributed by atoms with Crippen LogP contribution in [-0.2, 0) is 33.4 Å². The number of anilines is 1. The molecule has 1 aliphatic rings. The summed E-state index contributed by atoms with van der Waals surface area (Å²) in [4.78, 5) is 53.8. The van der Waals surface area contributed by atoms with E-state index in [4.69, 9.17) is 14.2 Å². The Kier molecular flexibility index (Phi) is 48.2. The molecule has 7 atom stereocenters. The van der Waals surface area contributed by atoms with Crippen LogP contribution in [0.3, 0.4) is 0 Å². The van der Waals surface area contributed by atoms with Gasteiger partial charge < -0.3 is 45.3 Å². The highest BCUT2D eigenvalue weighted by Crippen LogP contribution is 2.28. The van der Waals surface area contributed by atoms with Crippen LogP contribution in [0, 0.1) is 0 Å². The first-order valence-electron chi connectivity index (χ1n) is 33.8. The Bertz CT molecular complexity index is 1690. The number of unbranched alkanes of at least 4 members (excludes halogenated alkanes) is 39. The number of thioether (sulfide) groups is 1. The maximum atomic E-state index is 14.0. The van der Waals surface area contributed by atoms with Crippen LogP contribution in [0.2, 0.25) is 0 Å². The van der Waals surface area contributed by atoms with Gasteiger partial charge in [0.25, 0.3) is 0 Å². The van der Waals surface area contributed by atoms with Crippen LogP contribution < -0.4 is 10.6 Å². The van der Waals surface area contributed by atoms with Crippen LogP contribution in [0.5, 0.6) is 0 Å². The Morgan fingerprint density at radius 2 is 0.927 bits per heavy atom. The second-order valence-corrected chi connectivity index (χ2v) is 24.9. The molecule has 1 aromatic rings. The van der Waals surface area contributed by atoms with Gasteiger partial charge in [0.1, 0.15) is 43.2 Å². The van der Waals surface area contributed by atoms with Gasteiger partial charge in [-0.15, -0.1) is 5.10 Å². The number of hydrogen-bond acceptors (Lipinski definition) is 14. The normalized spacial score (nSPS) is 17.9. The Labute approximate surface area is 502 Å². The highest BCUT2D eigenvalue weighted by Gasteiger charge is 2.45. The zero-order chi connectivity index (χ0) is 59.5. The van der Waals surface area contributed by atoms with E-state index in [2.05, 4.69) is 41.7 Å². The summed E-state index contributed by atoms with van der Waals surface area (Å²) in [7, 11) is 0. The number of ether oxygens (including phenoxy) is 3. The number of rotatable bonds is 57. The molecule has 0 aliphatic carbocycles. The molecule has 478 valence electrons. The number of nitrogens with zero attached hydrogens (tertiary/aromatic N) is 3. The molecule has 0 spiro atoms. The molecule has 82 heavy (non-hydrogen) atoms. The van der Waals surface area contributed by atoms with Gasteiger partial charge in [0.15, 0.2) is 12.0 Å². The Hall–Kier alpha value is -2.83. The van der Waals surface area contributed by atoms with Crippen molar-refractivity contribution >= 4 is 41.3 Å². The third-order valence-electron chi connectivity index (χ3n) is 16.1. The monoisotopic (exact) mass is 1180 g/mol. The molecule has 0 saturated carbocycles. The highest BCUT2D eigenvalue weighted by molar-refractivity contribution is 7.99. The first kappa shape index (κ1) is 75.3. The quantitative estimate of drug-likeness (QED) is 0.0263. The van der Waals surface area contributed by atoms with Crippen LogP contribution in [0.25, 0.3) is 0 Å². The lowest BCUT2D eigenvalue weighted by Gasteiger charge is -2.39. The lowest BCUT2D eigenvalue weighted by molar-refractivity contribution is -0.254. The van der Waals surface area contributed by atoms with Gasteiger partial charge in [-0.05, 0) is 19.3 Å². The van der Waals surface area contributed by atoms with Crippen LogP contribution in [0.15, 0.2) is 6.20 Å². The fourth-order valence-electron chi connectivity index (χ4n) is 10.8. The van der Waals surface area contributed by atoms with E-state index in [1.54, 1.807) is 0 Å². The van der Waals surface area contributed by atoms with Crippen LogP contribution in [0.1, 0.15) is 316 Å². The van der Waals surface area contributed by atoms with E-state index in [1.165, 1.54) is 217 Å². The fourth-order valence-corrected chi connectivity index (χ4v) is 11.8. The van der Waals surface area contributed by atoms with E-state index in [1.807, 2.05) is 0 Å². The third kappa shape index (κ3) is 39.0. The molecule has 2 rings (SSSR count). The van der Waals surface area contributed by atoms with Crippen molar-refractivity contribution in [2.75, 3.05) is 30.0 Å². The average molecular weight is 1180 g/mol. The molecule has 0 bridgehead atoms. The maximum Gasteiger partial charge on any atom is 0.306 e. The molecule has 1 fully saturated rings. The lowest BCUT2D eigenvalue weighted by Crippen LogP contribution is -2.56. The molecule has 16 nitrogen and oxygen atoms in total. The van der Waals surface area contributed by atoms with Gasteiger partial charge in [-0.25, -0.2) is 4.68 Å². The summed E-state index contributed by atoms with van der Waals surface area (Å²) in [5.41, 5.74) is 0. The van der Waals surface area contributed by atoms with Crippen molar-refractivity contribution in [2.24, 2.45) is 0 Å². The number of aliphatic hydroxyl groups excluding tert-OH is 4. The molecule has 2 amide bonds. The van der Waals surface area contributed by atoms with Gasteiger partial charge in [0.05, 0.1) is 12.8 Å². The van der Waals surface area contributed by atoms with Crippen molar-refractivity contribution < 1.29 is 53.8 Å². The lowest BCUT2D eigenvalue weighted by atomic mass is 9.98. The van der Waals surface area contributed by atoms with Gasteiger partial charge in [0.2, 0.25) is 11.8 Å². The Morgan fingerprint density at radius 1 is 0.537 bits per heavy atom. The molecule has 6 N–H and O–H groups in total. The Balaban J connectivity index is 1.99. The predicted molar refractivity (Wildman–Crippen MR) is 333 cm³/mol. The first-order chi connectivity index (χ1) is 40.0. The van der Waals surface area contributed by atoms with Crippen molar-refractivity contribution in [3.63, 3.8) is 0 Å². The van der Waals surface area contributed by atoms with Crippen molar-refractivity contribution in [1.29, 1.82) is 0 Å². The van der Waals surface area contributed by atoms with E-state index in [0.717, 1.165) is 62.5 Å². The van der Waals surface area contributed by atoms with Crippen molar-refractivity contribution in [2.45, 2.75) is 352 Å². The molecular formula is C65H121N5O11S. The van der Waals surface area contributed by atoms with Gasteiger partial charge in [-0.1, -0.05) is 276 Å². The second-order valence-electron chi connectivity index (χ2n) is 23.8. The molecule has 4 unspecified atom stereocenters. The molecule has 17 heteroatoms. The van der Waals surface area contributed by atoms with E-state index in [0.29, 0.717) is 19.3 Å². The minimum atomic E-state index is -1.64. The van der Waals surface area contributed by atoms with Crippen LogP contribution >= 0.6 is 11.8 Å². The number of nitrogens with one attached hydrogen (secondary N) is 2. The average Bonchev–Trinajstić information content (AvgIpc) is 4.04. The number of aromatic nitrogens is 3. The van der Waals surface area contributed by atoms with Gasteiger partial charge >= 0.3 is 11.9 Å². The maximum absolute atomic E-state index is 14.0. The largest absolute Gasteiger partial charge is 0.462 e. The van der Waals surface area contributed by atoms with E-state index >= 15 is 0 Å². The predicted octanol–water partition coefficient (Wildman–Crippen LogP) is 14.5. The first-order valence-corrected chi connectivity index (χ1v) is 34.9. The minimum Gasteiger partial charge on any atom is -0.462 e. The highest BCUT2D eigenvalue weighted by atomic mass is 32.2.